The first-order valence-electron chi connectivity index (χ1n) is 18.8. The standard InChI is InChI=1S/2C22H26O4/c2*1-4-24-16-6-7-17(19(23)12-16)15-11-14-5-8-20-18(21(14)25-13-15)9-10-22(2,3)26-20/h2*5-8,12,15,23H,4,9-11,13H2,1-3H3/t2*15-/m11/s1. The van der Waals surface area contributed by atoms with Crippen LogP contribution in [-0.4, -0.2) is 47.8 Å². The van der Waals surface area contributed by atoms with Crippen molar-refractivity contribution in [2.75, 3.05) is 26.4 Å². The molecule has 4 aromatic rings. The van der Waals surface area contributed by atoms with Gasteiger partial charge in [-0.1, -0.05) is 24.3 Å². The van der Waals surface area contributed by atoms with Crippen molar-refractivity contribution in [2.24, 2.45) is 0 Å². The molecule has 4 aliphatic heterocycles. The molecule has 0 saturated carbocycles. The third-order valence-corrected chi connectivity index (χ3v) is 10.6. The van der Waals surface area contributed by atoms with E-state index >= 15 is 0 Å². The summed E-state index contributed by atoms with van der Waals surface area (Å²) in [5, 5.41) is 20.8. The Morgan fingerprint density at radius 1 is 0.615 bits per heavy atom. The van der Waals surface area contributed by atoms with Crippen molar-refractivity contribution in [2.45, 2.75) is 103 Å². The van der Waals surface area contributed by atoms with Crippen molar-refractivity contribution < 1.29 is 38.6 Å². The molecule has 4 heterocycles. The van der Waals surface area contributed by atoms with E-state index in [-0.39, 0.29) is 34.5 Å². The van der Waals surface area contributed by atoms with Gasteiger partial charge in [-0.2, -0.15) is 0 Å². The fourth-order valence-electron chi connectivity index (χ4n) is 7.88. The molecule has 0 unspecified atom stereocenters. The predicted octanol–water partition coefficient (Wildman–Crippen LogP) is 9.23. The van der Waals surface area contributed by atoms with E-state index in [4.69, 9.17) is 28.4 Å². The van der Waals surface area contributed by atoms with Crippen molar-refractivity contribution >= 4 is 0 Å². The zero-order valence-corrected chi connectivity index (χ0v) is 31.3. The number of hydrogen-bond donors (Lipinski definition) is 2. The monoisotopic (exact) mass is 708 g/mol. The van der Waals surface area contributed by atoms with Crippen LogP contribution in [0, 0.1) is 0 Å². The van der Waals surface area contributed by atoms with Gasteiger partial charge in [0.25, 0.3) is 0 Å². The molecule has 276 valence electrons. The topological polar surface area (TPSA) is 95.8 Å². The van der Waals surface area contributed by atoms with Gasteiger partial charge in [-0.05, 0) is 115 Å². The van der Waals surface area contributed by atoms with Gasteiger partial charge < -0.3 is 38.6 Å². The normalized spacial score (nSPS) is 20.3. The van der Waals surface area contributed by atoms with E-state index < -0.39 is 0 Å². The van der Waals surface area contributed by atoms with Crippen molar-refractivity contribution in [3.8, 4) is 46.0 Å². The molecule has 8 heteroatoms. The summed E-state index contributed by atoms with van der Waals surface area (Å²) >= 11 is 0. The van der Waals surface area contributed by atoms with E-state index in [2.05, 4.69) is 52.0 Å². The molecule has 0 bridgehead atoms. The Bertz CT molecular complexity index is 1790. The first-order valence-corrected chi connectivity index (χ1v) is 18.8. The number of rotatable bonds is 6. The average Bonchev–Trinajstić information content (AvgIpc) is 3.11. The van der Waals surface area contributed by atoms with E-state index in [0.29, 0.717) is 37.9 Å². The Hall–Kier alpha value is -4.72. The maximum atomic E-state index is 10.4. The number of ether oxygens (including phenoxy) is 6. The number of benzene rings is 4. The van der Waals surface area contributed by atoms with Crippen LogP contribution in [0.25, 0.3) is 0 Å². The third-order valence-electron chi connectivity index (χ3n) is 10.6. The van der Waals surface area contributed by atoms with E-state index in [9.17, 15) is 10.2 Å². The molecule has 0 radical (unpaired) electrons. The summed E-state index contributed by atoms with van der Waals surface area (Å²) < 4.78 is 35.5. The highest BCUT2D eigenvalue weighted by atomic mass is 16.5. The van der Waals surface area contributed by atoms with Gasteiger partial charge in [0, 0.05) is 46.2 Å². The molecule has 4 aliphatic rings. The minimum absolute atomic E-state index is 0.119. The second-order valence-electron chi connectivity index (χ2n) is 15.5. The second kappa shape index (κ2) is 14.4. The van der Waals surface area contributed by atoms with Crippen LogP contribution in [0.2, 0.25) is 0 Å². The molecular weight excluding hydrogens is 656 g/mol. The Balaban J connectivity index is 0.000000162. The molecular formula is C44H52O8. The predicted molar refractivity (Wildman–Crippen MR) is 201 cm³/mol. The van der Waals surface area contributed by atoms with Gasteiger partial charge in [-0.15, -0.1) is 0 Å². The average molecular weight is 709 g/mol. The fraction of sp³-hybridized carbons (Fsp3) is 0.455. The minimum atomic E-state index is -0.119. The van der Waals surface area contributed by atoms with Crippen LogP contribution in [0.3, 0.4) is 0 Å². The van der Waals surface area contributed by atoms with Gasteiger partial charge in [0.1, 0.15) is 57.2 Å². The lowest BCUT2D eigenvalue weighted by Crippen LogP contribution is -2.33. The molecule has 8 rings (SSSR count). The van der Waals surface area contributed by atoms with Gasteiger partial charge in [0.2, 0.25) is 0 Å². The van der Waals surface area contributed by atoms with Crippen LogP contribution >= 0.6 is 0 Å². The molecule has 52 heavy (non-hydrogen) atoms. The molecule has 2 N–H and O–H groups in total. The minimum Gasteiger partial charge on any atom is -0.508 e. The van der Waals surface area contributed by atoms with E-state index in [1.165, 1.54) is 22.3 Å². The van der Waals surface area contributed by atoms with Gasteiger partial charge in [0.05, 0.1) is 26.4 Å². The molecule has 8 nitrogen and oxygen atoms in total. The summed E-state index contributed by atoms with van der Waals surface area (Å²) in [5.41, 5.74) is 6.35. The summed E-state index contributed by atoms with van der Waals surface area (Å²) in [6, 6.07) is 19.5. The van der Waals surface area contributed by atoms with Crippen molar-refractivity contribution in [3.05, 3.63) is 94.0 Å². The molecule has 0 spiro atoms. The van der Waals surface area contributed by atoms with Crippen LogP contribution in [-0.2, 0) is 25.7 Å². The zero-order valence-electron chi connectivity index (χ0n) is 31.3. The molecule has 0 saturated heterocycles. The zero-order chi connectivity index (χ0) is 36.6. The lowest BCUT2D eigenvalue weighted by atomic mass is 9.86. The van der Waals surface area contributed by atoms with Crippen LogP contribution in [0.1, 0.15) is 99.6 Å². The summed E-state index contributed by atoms with van der Waals surface area (Å²) in [5.74, 6) is 6.07. The van der Waals surface area contributed by atoms with Crippen molar-refractivity contribution in [1.82, 2.24) is 0 Å². The maximum absolute atomic E-state index is 10.4. The van der Waals surface area contributed by atoms with Crippen LogP contribution in [0.4, 0.5) is 0 Å². The van der Waals surface area contributed by atoms with Gasteiger partial charge in [-0.3, -0.25) is 0 Å². The Kier molecular flexibility index (Phi) is 9.85. The summed E-state index contributed by atoms with van der Waals surface area (Å²) in [6.07, 6.45) is 5.64. The molecule has 0 aromatic heterocycles. The van der Waals surface area contributed by atoms with Crippen molar-refractivity contribution in [1.29, 1.82) is 0 Å². The number of phenols is 2. The first kappa shape index (κ1) is 35.7. The van der Waals surface area contributed by atoms with Crippen LogP contribution in [0.5, 0.6) is 46.0 Å². The lowest BCUT2D eigenvalue weighted by molar-refractivity contribution is 0.0822. The third kappa shape index (κ3) is 7.43. The van der Waals surface area contributed by atoms with E-state index in [1.807, 2.05) is 38.1 Å². The van der Waals surface area contributed by atoms with Crippen molar-refractivity contribution in [3.63, 3.8) is 0 Å². The summed E-state index contributed by atoms with van der Waals surface area (Å²) in [7, 11) is 0. The molecule has 0 aliphatic carbocycles. The Morgan fingerprint density at radius 2 is 1.04 bits per heavy atom. The van der Waals surface area contributed by atoms with E-state index in [1.54, 1.807) is 12.1 Å². The lowest BCUT2D eigenvalue weighted by Gasteiger charge is -2.35. The fourth-order valence-corrected chi connectivity index (χ4v) is 7.88. The number of hydrogen-bond acceptors (Lipinski definition) is 8. The summed E-state index contributed by atoms with van der Waals surface area (Å²) in [4.78, 5) is 0. The highest BCUT2D eigenvalue weighted by Gasteiger charge is 2.34. The number of phenolic OH excluding ortho intramolecular Hbond substituents is 2. The van der Waals surface area contributed by atoms with E-state index in [0.717, 1.165) is 72.6 Å². The number of fused-ring (bicyclic) bond motifs is 6. The molecule has 2 atom stereocenters. The largest absolute Gasteiger partial charge is 0.508 e. The first-order chi connectivity index (χ1) is 24.9. The highest BCUT2D eigenvalue weighted by molar-refractivity contribution is 5.55. The Labute approximate surface area is 307 Å². The van der Waals surface area contributed by atoms with Gasteiger partial charge in [-0.25, -0.2) is 0 Å². The van der Waals surface area contributed by atoms with Crippen LogP contribution < -0.4 is 28.4 Å². The molecule has 0 fully saturated rings. The summed E-state index contributed by atoms with van der Waals surface area (Å²) in [6.45, 7) is 14.7. The van der Waals surface area contributed by atoms with Gasteiger partial charge in [0.15, 0.2) is 0 Å². The Morgan fingerprint density at radius 3 is 1.42 bits per heavy atom. The maximum Gasteiger partial charge on any atom is 0.129 e. The quantitative estimate of drug-likeness (QED) is 0.205. The van der Waals surface area contributed by atoms with Crippen LogP contribution in [0.15, 0.2) is 60.7 Å². The second-order valence-corrected chi connectivity index (χ2v) is 15.5. The van der Waals surface area contributed by atoms with Gasteiger partial charge >= 0.3 is 0 Å². The molecule has 4 aromatic carbocycles. The number of aromatic hydroxyl groups is 2. The molecule has 0 amide bonds. The smallest absolute Gasteiger partial charge is 0.129 e. The highest BCUT2D eigenvalue weighted by Crippen LogP contribution is 2.46. The SMILES string of the molecule is CCOc1ccc([C@H]2COc3c(ccc4c3CCC(C)(C)O4)C2)c(O)c1.CCOc1ccc([C@H]2COc3c(ccc4c3CCC(C)(C)O4)C2)c(O)c1.